The Balaban J connectivity index is 1.65. The third-order valence-corrected chi connectivity index (χ3v) is 4.31. The van der Waals surface area contributed by atoms with Crippen LogP contribution in [0.2, 0.25) is 0 Å². The van der Waals surface area contributed by atoms with Gasteiger partial charge in [0.25, 0.3) is 0 Å². The summed E-state index contributed by atoms with van der Waals surface area (Å²) >= 11 is 0. The van der Waals surface area contributed by atoms with Crippen molar-refractivity contribution in [3.8, 4) is 0 Å². The van der Waals surface area contributed by atoms with Gasteiger partial charge in [-0.3, -0.25) is 4.79 Å². The molecule has 1 saturated carbocycles. The Morgan fingerprint density at radius 2 is 1.96 bits per heavy atom. The molecule has 1 aromatic heterocycles. The first-order valence-corrected chi connectivity index (χ1v) is 7.94. The molecule has 0 saturated heterocycles. The van der Waals surface area contributed by atoms with Gasteiger partial charge in [0.05, 0.1) is 11.6 Å². The summed E-state index contributed by atoms with van der Waals surface area (Å²) in [5, 5.41) is 3.05. The molecule has 1 aliphatic carbocycles. The lowest BCUT2D eigenvalue weighted by molar-refractivity contribution is -0.118. The Labute approximate surface area is 134 Å². The highest BCUT2D eigenvalue weighted by Gasteiger charge is 2.37. The van der Waals surface area contributed by atoms with Gasteiger partial charge in [-0.1, -0.05) is 36.4 Å². The molecule has 0 spiro atoms. The number of fused-ring (bicyclic) bond motifs is 1. The third kappa shape index (κ3) is 2.72. The van der Waals surface area contributed by atoms with Crippen LogP contribution >= 0.6 is 0 Å². The number of amides is 1. The van der Waals surface area contributed by atoms with Crippen LogP contribution in [-0.2, 0) is 4.79 Å². The van der Waals surface area contributed by atoms with Gasteiger partial charge < -0.3 is 9.73 Å². The number of nitrogens with one attached hydrogen (secondary N) is 1. The van der Waals surface area contributed by atoms with Crippen LogP contribution in [0.4, 0.5) is 5.69 Å². The Kier molecular flexibility index (Phi) is 3.37. The molecule has 0 radical (unpaired) electrons. The van der Waals surface area contributed by atoms with Crippen molar-refractivity contribution in [3.05, 3.63) is 60.0 Å². The van der Waals surface area contributed by atoms with E-state index in [0.717, 1.165) is 23.9 Å². The van der Waals surface area contributed by atoms with Crippen LogP contribution in [0.1, 0.15) is 30.2 Å². The van der Waals surface area contributed by atoms with Crippen molar-refractivity contribution in [2.45, 2.75) is 25.7 Å². The lowest BCUT2D eigenvalue weighted by Gasteiger charge is -2.16. The lowest BCUT2D eigenvalue weighted by Crippen LogP contribution is -2.22. The van der Waals surface area contributed by atoms with Gasteiger partial charge in [0.2, 0.25) is 5.91 Å². The number of benzene rings is 2. The van der Waals surface area contributed by atoms with Crippen LogP contribution < -0.4 is 5.32 Å². The summed E-state index contributed by atoms with van der Waals surface area (Å²) in [6.45, 7) is 1.81. The summed E-state index contributed by atoms with van der Waals surface area (Å²) in [6.07, 6.45) is 2.22. The maximum absolute atomic E-state index is 12.9. The van der Waals surface area contributed by atoms with E-state index < -0.39 is 0 Å². The molecule has 23 heavy (non-hydrogen) atoms. The summed E-state index contributed by atoms with van der Waals surface area (Å²) in [4.78, 5) is 17.2. The minimum absolute atomic E-state index is 0.0280. The first-order valence-electron chi connectivity index (χ1n) is 7.94. The number of oxazole rings is 1. The second kappa shape index (κ2) is 5.54. The van der Waals surface area contributed by atoms with Gasteiger partial charge in [0, 0.05) is 6.92 Å². The minimum atomic E-state index is -0.101. The monoisotopic (exact) mass is 306 g/mol. The molecule has 1 heterocycles. The van der Waals surface area contributed by atoms with E-state index in [2.05, 4.69) is 10.3 Å². The number of aryl methyl sites for hydroxylation is 1. The molecule has 0 aliphatic heterocycles. The number of anilines is 1. The van der Waals surface area contributed by atoms with E-state index >= 15 is 0 Å². The van der Waals surface area contributed by atoms with Crippen molar-refractivity contribution < 1.29 is 9.21 Å². The summed E-state index contributed by atoms with van der Waals surface area (Å²) < 4.78 is 5.64. The molecule has 1 aliphatic rings. The fourth-order valence-corrected chi connectivity index (χ4v) is 3.10. The molecule has 0 bridgehead atoms. The molecule has 1 amide bonds. The van der Waals surface area contributed by atoms with Gasteiger partial charge in [-0.05, 0) is 36.5 Å². The summed E-state index contributed by atoms with van der Waals surface area (Å²) in [5.74, 6) is 0.965. The molecule has 1 fully saturated rings. The predicted octanol–water partition coefficient (Wildman–Crippen LogP) is 4.27. The average molecular weight is 306 g/mol. The van der Waals surface area contributed by atoms with E-state index in [9.17, 15) is 4.79 Å². The van der Waals surface area contributed by atoms with Crippen molar-refractivity contribution in [2.75, 3.05) is 5.32 Å². The number of aromatic nitrogens is 1. The highest BCUT2D eigenvalue weighted by Crippen LogP contribution is 2.43. The zero-order valence-corrected chi connectivity index (χ0v) is 13.0. The Morgan fingerprint density at radius 3 is 2.70 bits per heavy atom. The topological polar surface area (TPSA) is 55.1 Å². The minimum Gasteiger partial charge on any atom is -0.439 e. The summed E-state index contributed by atoms with van der Waals surface area (Å²) in [6, 6.07) is 15.6. The summed E-state index contributed by atoms with van der Waals surface area (Å²) in [7, 11) is 0. The van der Waals surface area contributed by atoms with Crippen LogP contribution in [0.15, 0.2) is 52.9 Å². The fraction of sp³-hybridized carbons (Fsp3) is 0.263. The fourth-order valence-electron chi connectivity index (χ4n) is 3.10. The molecule has 3 aromatic rings. The number of carbonyl (C=O) groups is 1. The van der Waals surface area contributed by atoms with Gasteiger partial charge in [-0.25, -0.2) is 4.98 Å². The van der Waals surface area contributed by atoms with Crippen molar-refractivity contribution in [3.63, 3.8) is 0 Å². The van der Waals surface area contributed by atoms with Crippen LogP contribution in [0.3, 0.4) is 0 Å². The first-order chi connectivity index (χ1) is 11.2. The number of rotatable bonds is 4. The van der Waals surface area contributed by atoms with E-state index in [1.54, 1.807) is 0 Å². The Bertz CT molecular complexity index is 850. The zero-order valence-electron chi connectivity index (χ0n) is 13.0. The standard InChI is InChI=1S/C19H18N2O2/c1-12-20-15-8-5-9-16(18(15)23-12)21-19(22)17(14-10-11-14)13-6-3-2-4-7-13/h2-9,14,17H,10-11H2,1H3,(H,21,22). The zero-order chi connectivity index (χ0) is 15.8. The number of hydrogen-bond acceptors (Lipinski definition) is 3. The lowest BCUT2D eigenvalue weighted by atomic mass is 9.93. The molecule has 1 atom stereocenters. The first kappa shape index (κ1) is 14.0. The van der Waals surface area contributed by atoms with Crippen molar-refractivity contribution in [1.29, 1.82) is 0 Å². The van der Waals surface area contributed by atoms with Crippen LogP contribution in [0.5, 0.6) is 0 Å². The molecule has 1 N–H and O–H groups in total. The van der Waals surface area contributed by atoms with E-state index in [-0.39, 0.29) is 11.8 Å². The maximum atomic E-state index is 12.9. The quantitative estimate of drug-likeness (QED) is 0.783. The van der Waals surface area contributed by atoms with Crippen molar-refractivity contribution in [1.82, 2.24) is 4.98 Å². The van der Waals surface area contributed by atoms with Gasteiger partial charge >= 0.3 is 0 Å². The molecule has 1 unspecified atom stereocenters. The van der Waals surface area contributed by atoms with Crippen molar-refractivity contribution in [2.24, 2.45) is 5.92 Å². The van der Waals surface area contributed by atoms with E-state index in [1.165, 1.54) is 0 Å². The molecular weight excluding hydrogens is 288 g/mol. The molecule has 116 valence electrons. The van der Waals surface area contributed by atoms with Crippen molar-refractivity contribution >= 4 is 22.7 Å². The molecule has 2 aromatic carbocycles. The van der Waals surface area contributed by atoms with Crippen LogP contribution in [0.25, 0.3) is 11.1 Å². The van der Waals surface area contributed by atoms with Crippen LogP contribution in [0, 0.1) is 12.8 Å². The number of para-hydroxylation sites is 1. The average Bonchev–Trinajstić information content (AvgIpc) is 3.29. The van der Waals surface area contributed by atoms with Gasteiger partial charge in [-0.15, -0.1) is 0 Å². The number of hydrogen-bond donors (Lipinski definition) is 1. The predicted molar refractivity (Wildman–Crippen MR) is 89.3 cm³/mol. The highest BCUT2D eigenvalue weighted by atomic mass is 16.3. The van der Waals surface area contributed by atoms with Gasteiger partial charge in [0.15, 0.2) is 11.5 Å². The van der Waals surface area contributed by atoms with E-state index in [1.807, 2.05) is 55.5 Å². The highest BCUT2D eigenvalue weighted by molar-refractivity contribution is 6.01. The third-order valence-electron chi connectivity index (χ3n) is 4.31. The Hall–Kier alpha value is -2.62. The molecular formula is C19H18N2O2. The molecule has 4 heteroatoms. The maximum Gasteiger partial charge on any atom is 0.232 e. The molecule has 4 nitrogen and oxygen atoms in total. The van der Waals surface area contributed by atoms with Gasteiger partial charge in [0.1, 0.15) is 5.52 Å². The van der Waals surface area contributed by atoms with E-state index in [0.29, 0.717) is 23.1 Å². The van der Waals surface area contributed by atoms with E-state index in [4.69, 9.17) is 4.42 Å². The Morgan fingerprint density at radius 1 is 1.17 bits per heavy atom. The SMILES string of the molecule is Cc1nc2cccc(NC(=O)C(c3ccccc3)C3CC3)c2o1. The second-order valence-electron chi connectivity index (χ2n) is 6.10. The van der Waals surface area contributed by atoms with Gasteiger partial charge in [-0.2, -0.15) is 0 Å². The number of nitrogens with zero attached hydrogens (tertiary/aromatic N) is 1. The normalized spacial score (nSPS) is 15.5. The largest absolute Gasteiger partial charge is 0.439 e. The second-order valence-corrected chi connectivity index (χ2v) is 6.10. The smallest absolute Gasteiger partial charge is 0.232 e. The van der Waals surface area contributed by atoms with Crippen LogP contribution in [-0.4, -0.2) is 10.9 Å². The molecule has 4 rings (SSSR count). The summed E-state index contributed by atoms with van der Waals surface area (Å²) in [5.41, 5.74) is 3.17. The number of carbonyl (C=O) groups excluding carboxylic acids is 1.